The maximum atomic E-state index is 12.1. The predicted molar refractivity (Wildman–Crippen MR) is 68.5 cm³/mol. The fraction of sp³-hybridized carbons (Fsp3) is 0. The van der Waals surface area contributed by atoms with Crippen LogP contribution in [0.25, 0.3) is 0 Å². The number of hydrogen-bond donors (Lipinski definition) is 1. The Labute approximate surface area is 111 Å². The van der Waals surface area contributed by atoms with Gasteiger partial charge in [-0.2, -0.15) is 0 Å². The van der Waals surface area contributed by atoms with Crippen LogP contribution in [-0.4, -0.2) is 15.9 Å². The quantitative estimate of drug-likeness (QED) is 0.864. The summed E-state index contributed by atoms with van der Waals surface area (Å²) in [5.41, 5.74) is 0.550. The highest BCUT2D eigenvalue weighted by atomic mass is 79.9. The second kappa shape index (κ2) is 4.85. The highest BCUT2D eigenvalue weighted by molar-refractivity contribution is 9.10. The smallest absolute Gasteiger partial charge is 0.198 e. The summed E-state index contributed by atoms with van der Waals surface area (Å²) < 4.78 is 0.699. The van der Waals surface area contributed by atoms with Crippen molar-refractivity contribution in [3.05, 3.63) is 57.3 Å². The van der Waals surface area contributed by atoms with Crippen LogP contribution in [0.4, 0.5) is 0 Å². The number of aromatic hydroxyl groups is 1. The molecule has 1 aromatic heterocycles. The number of carbonyl (C=O) groups excluding carboxylic acids is 1. The number of phenolic OH excluding ortho intramolecular Hbond substituents is 1. The Morgan fingerprint density at radius 1 is 1.29 bits per heavy atom. The normalized spacial score (nSPS) is 10.2. The van der Waals surface area contributed by atoms with E-state index in [0.717, 1.165) is 0 Å². The summed E-state index contributed by atoms with van der Waals surface area (Å²) >= 11 is 9.02. The first-order valence-electron chi connectivity index (χ1n) is 4.71. The first-order chi connectivity index (χ1) is 8.08. The van der Waals surface area contributed by atoms with Crippen LogP contribution in [0.5, 0.6) is 5.75 Å². The Morgan fingerprint density at radius 2 is 2.06 bits per heavy atom. The Bertz CT molecular complexity index is 586. The highest BCUT2D eigenvalue weighted by Gasteiger charge is 2.14. The van der Waals surface area contributed by atoms with E-state index in [9.17, 15) is 9.90 Å². The molecule has 3 nitrogen and oxygen atoms in total. The number of nitrogens with zero attached hydrogens (tertiary/aromatic N) is 1. The molecule has 0 aliphatic carbocycles. The number of carbonyl (C=O) groups is 1. The summed E-state index contributed by atoms with van der Waals surface area (Å²) in [6.45, 7) is 0. The molecule has 0 bridgehead atoms. The minimum Gasteiger partial charge on any atom is -0.507 e. The number of hydrogen-bond acceptors (Lipinski definition) is 3. The van der Waals surface area contributed by atoms with Gasteiger partial charge in [0.15, 0.2) is 5.78 Å². The molecule has 0 fully saturated rings. The van der Waals surface area contributed by atoms with E-state index in [1.807, 2.05) is 0 Å². The van der Waals surface area contributed by atoms with Crippen LogP contribution in [0.1, 0.15) is 15.9 Å². The van der Waals surface area contributed by atoms with E-state index in [0.29, 0.717) is 15.1 Å². The van der Waals surface area contributed by atoms with Crippen LogP contribution in [0, 0.1) is 0 Å². The molecule has 5 heteroatoms. The molecule has 2 aromatic rings. The van der Waals surface area contributed by atoms with Crippen molar-refractivity contribution in [1.29, 1.82) is 0 Å². The van der Waals surface area contributed by atoms with Gasteiger partial charge in [0.1, 0.15) is 5.75 Å². The van der Waals surface area contributed by atoms with Gasteiger partial charge < -0.3 is 5.11 Å². The summed E-state index contributed by atoms with van der Waals surface area (Å²) in [5, 5.41) is 10.0. The molecule has 0 atom stereocenters. The van der Waals surface area contributed by atoms with Crippen molar-refractivity contribution in [2.45, 2.75) is 0 Å². The molecule has 0 radical (unpaired) electrons. The topological polar surface area (TPSA) is 50.2 Å². The van der Waals surface area contributed by atoms with E-state index < -0.39 is 0 Å². The third kappa shape index (κ3) is 2.65. The highest BCUT2D eigenvalue weighted by Crippen LogP contribution is 2.24. The summed E-state index contributed by atoms with van der Waals surface area (Å²) in [6, 6.07) is 5.98. The van der Waals surface area contributed by atoms with Gasteiger partial charge in [-0.15, -0.1) is 0 Å². The van der Waals surface area contributed by atoms with E-state index in [2.05, 4.69) is 20.9 Å². The molecule has 0 saturated heterocycles. The lowest BCUT2D eigenvalue weighted by Gasteiger charge is -2.04. The number of rotatable bonds is 2. The van der Waals surface area contributed by atoms with Crippen LogP contribution in [0.2, 0.25) is 5.02 Å². The van der Waals surface area contributed by atoms with E-state index in [4.69, 9.17) is 11.6 Å². The summed E-state index contributed by atoms with van der Waals surface area (Å²) in [6.07, 6.45) is 3.02. The van der Waals surface area contributed by atoms with Crippen LogP contribution >= 0.6 is 27.5 Å². The molecule has 1 N–H and O–H groups in total. The van der Waals surface area contributed by atoms with Crippen molar-refractivity contribution in [2.24, 2.45) is 0 Å². The van der Waals surface area contributed by atoms with Crippen molar-refractivity contribution in [3.8, 4) is 5.75 Å². The van der Waals surface area contributed by atoms with Crippen molar-refractivity contribution >= 4 is 33.3 Å². The SMILES string of the molecule is O=C(c1cncc(Br)c1)c1cc(Cl)ccc1O. The molecule has 17 heavy (non-hydrogen) atoms. The average Bonchev–Trinajstić information content (AvgIpc) is 2.31. The molecule has 0 spiro atoms. The van der Waals surface area contributed by atoms with E-state index >= 15 is 0 Å². The third-order valence-electron chi connectivity index (χ3n) is 2.17. The second-order valence-electron chi connectivity index (χ2n) is 3.38. The third-order valence-corrected chi connectivity index (χ3v) is 2.84. The molecule has 1 aromatic carbocycles. The zero-order valence-electron chi connectivity index (χ0n) is 8.52. The molecular formula is C12H7BrClNO2. The Morgan fingerprint density at radius 3 is 2.76 bits per heavy atom. The first-order valence-corrected chi connectivity index (χ1v) is 5.89. The lowest BCUT2D eigenvalue weighted by Crippen LogP contribution is -2.02. The summed E-state index contributed by atoms with van der Waals surface area (Å²) in [5.74, 6) is -0.418. The number of ketones is 1. The minimum atomic E-state index is -0.321. The zero-order chi connectivity index (χ0) is 12.4. The van der Waals surface area contributed by atoms with Crippen LogP contribution in [-0.2, 0) is 0 Å². The zero-order valence-corrected chi connectivity index (χ0v) is 10.9. The molecule has 2 rings (SSSR count). The number of phenols is 1. The molecule has 0 unspecified atom stereocenters. The molecule has 0 amide bonds. The van der Waals surface area contributed by atoms with Crippen molar-refractivity contribution in [3.63, 3.8) is 0 Å². The largest absolute Gasteiger partial charge is 0.507 e. The standard InChI is InChI=1S/C12H7BrClNO2/c13-8-3-7(5-15-6-8)12(17)10-4-9(14)1-2-11(10)16/h1-6,16H. The first kappa shape index (κ1) is 12.1. The monoisotopic (exact) mass is 311 g/mol. The minimum absolute atomic E-state index is 0.0978. The lowest BCUT2D eigenvalue weighted by atomic mass is 10.0. The van der Waals surface area contributed by atoms with Crippen LogP contribution in [0.15, 0.2) is 41.1 Å². The second-order valence-corrected chi connectivity index (χ2v) is 4.73. The van der Waals surface area contributed by atoms with Gasteiger partial charge in [-0.05, 0) is 40.2 Å². The van der Waals surface area contributed by atoms with Gasteiger partial charge in [0, 0.05) is 27.5 Å². The van der Waals surface area contributed by atoms with E-state index in [1.165, 1.54) is 24.4 Å². The van der Waals surface area contributed by atoms with Crippen molar-refractivity contribution in [1.82, 2.24) is 4.98 Å². The maximum Gasteiger partial charge on any atom is 0.198 e. The molecule has 0 aliphatic heterocycles. The molecule has 0 aliphatic rings. The van der Waals surface area contributed by atoms with Gasteiger partial charge >= 0.3 is 0 Å². The number of benzene rings is 1. The van der Waals surface area contributed by atoms with Crippen LogP contribution < -0.4 is 0 Å². The Balaban J connectivity index is 2.47. The maximum absolute atomic E-state index is 12.1. The van der Waals surface area contributed by atoms with Crippen LogP contribution in [0.3, 0.4) is 0 Å². The van der Waals surface area contributed by atoms with Gasteiger partial charge in [-0.1, -0.05) is 11.6 Å². The van der Waals surface area contributed by atoms with Crippen molar-refractivity contribution < 1.29 is 9.90 Å². The lowest BCUT2D eigenvalue weighted by molar-refractivity contribution is 0.103. The van der Waals surface area contributed by atoms with Gasteiger partial charge in [0.25, 0.3) is 0 Å². The fourth-order valence-electron chi connectivity index (χ4n) is 1.38. The Kier molecular flexibility index (Phi) is 3.45. The molecule has 86 valence electrons. The molecule has 1 heterocycles. The number of pyridine rings is 1. The van der Waals surface area contributed by atoms with Gasteiger partial charge in [-0.3, -0.25) is 9.78 Å². The van der Waals surface area contributed by atoms with Crippen molar-refractivity contribution in [2.75, 3.05) is 0 Å². The number of halogens is 2. The van der Waals surface area contributed by atoms with Gasteiger partial charge in [0.05, 0.1) is 5.56 Å². The van der Waals surface area contributed by atoms with Gasteiger partial charge in [-0.25, -0.2) is 0 Å². The predicted octanol–water partition coefficient (Wildman–Crippen LogP) is 3.43. The fourth-order valence-corrected chi connectivity index (χ4v) is 1.92. The number of aromatic nitrogens is 1. The van der Waals surface area contributed by atoms with E-state index in [-0.39, 0.29) is 17.1 Å². The van der Waals surface area contributed by atoms with Gasteiger partial charge in [0.2, 0.25) is 0 Å². The molecular weight excluding hydrogens is 305 g/mol. The Hall–Kier alpha value is -1.39. The summed E-state index contributed by atoms with van der Waals surface area (Å²) in [4.78, 5) is 16.0. The summed E-state index contributed by atoms with van der Waals surface area (Å²) in [7, 11) is 0. The average molecular weight is 313 g/mol. The molecule has 0 saturated carbocycles. The van der Waals surface area contributed by atoms with E-state index in [1.54, 1.807) is 12.3 Å².